The Morgan fingerprint density at radius 1 is 0.800 bits per heavy atom. The quantitative estimate of drug-likeness (QED) is 0.320. The molecule has 0 fully saturated rings. The van der Waals surface area contributed by atoms with Crippen LogP contribution in [0.25, 0.3) is 44.6 Å². The van der Waals surface area contributed by atoms with Crippen LogP contribution in [0.3, 0.4) is 0 Å². The summed E-state index contributed by atoms with van der Waals surface area (Å²) in [7, 11) is 0. The summed E-state index contributed by atoms with van der Waals surface area (Å²) in [5.41, 5.74) is 9.44. The van der Waals surface area contributed by atoms with Crippen molar-refractivity contribution in [3.05, 3.63) is 83.6 Å². The highest BCUT2D eigenvalue weighted by atomic mass is 16.3. The number of fused-ring (bicyclic) bond motifs is 3. The lowest BCUT2D eigenvalue weighted by molar-refractivity contribution is 0.654. The zero-order valence-electron chi connectivity index (χ0n) is 17.7. The number of rotatable bonds is 3. The third-order valence-electron chi connectivity index (χ3n) is 5.82. The van der Waals surface area contributed by atoms with Gasteiger partial charge in [-0.15, -0.1) is 0 Å². The van der Waals surface area contributed by atoms with Crippen LogP contribution in [-0.2, 0) is 0 Å². The first-order chi connectivity index (χ1) is 14.5. The summed E-state index contributed by atoms with van der Waals surface area (Å²) >= 11 is 0. The van der Waals surface area contributed by atoms with Gasteiger partial charge in [-0.2, -0.15) is 0 Å². The van der Waals surface area contributed by atoms with E-state index in [0.29, 0.717) is 11.6 Å². The molecule has 0 saturated heterocycles. The Balaban J connectivity index is 1.65. The molecule has 0 aliphatic carbocycles. The molecule has 0 N–H and O–H groups in total. The molecule has 0 saturated carbocycles. The van der Waals surface area contributed by atoms with E-state index in [0.717, 1.165) is 33.3 Å². The lowest BCUT2D eigenvalue weighted by atomic mass is 9.99. The summed E-state index contributed by atoms with van der Waals surface area (Å²) < 4.78 is 6.12. The van der Waals surface area contributed by atoms with Crippen molar-refractivity contribution in [3.63, 3.8) is 0 Å². The van der Waals surface area contributed by atoms with Gasteiger partial charge in [-0.25, -0.2) is 4.98 Å². The molecule has 3 aromatic heterocycles. The van der Waals surface area contributed by atoms with E-state index in [2.05, 4.69) is 87.3 Å². The van der Waals surface area contributed by atoms with Crippen molar-refractivity contribution in [2.75, 3.05) is 0 Å². The fourth-order valence-corrected chi connectivity index (χ4v) is 4.14. The molecule has 0 spiro atoms. The summed E-state index contributed by atoms with van der Waals surface area (Å²) in [6.45, 7) is 8.64. The number of furan rings is 1. The molecule has 3 heterocycles. The van der Waals surface area contributed by atoms with Gasteiger partial charge in [0, 0.05) is 28.1 Å². The number of benzene rings is 2. The largest absolute Gasteiger partial charge is 0.438 e. The van der Waals surface area contributed by atoms with Crippen molar-refractivity contribution in [3.8, 4) is 22.5 Å². The van der Waals surface area contributed by atoms with Gasteiger partial charge in [0.05, 0.1) is 11.4 Å². The van der Waals surface area contributed by atoms with E-state index in [1.807, 2.05) is 12.3 Å². The molecule has 0 radical (unpaired) electrons. The normalized spacial score (nSPS) is 11.6. The van der Waals surface area contributed by atoms with Crippen LogP contribution in [0.5, 0.6) is 0 Å². The molecule has 0 aliphatic rings. The van der Waals surface area contributed by atoms with E-state index in [-0.39, 0.29) is 0 Å². The molecular formula is C27H24N2O. The predicted molar refractivity (Wildman–Crippen MR) is 124 cm³/mol. The van der Waals surface area contributed by atoms with Crippen LogP contribution in [0, 0.1) is 13.8 Å². The molecule has 0 amide bonds. The zero-order chi connectivity index (χ0) is 20.8. The van der Waals surface area contributed by atoms with E-state index >= 15 is 0 Å². The first kappa shape index (κ1) is 18.6. The Kier molecular flexibility index (Phi) is 4.39. The van der Waals surface area contributed by atoms with E-state index in [1.54, 1.807) is 0 Å². The minimum Gasteiger partial charge on any atom is -0.438 e. The monoisotopic (exact) mass is 392 g/mol. The van der Waals surface area contributed by atoms with Crippen LogP contribution < -0.4 is 0 Å². The van der Waals surface area contributed by atoms with Gasteiger partial charge >= 0.3 is 0 Å². The maximum atomic E-state index is 6.12. The van der Waals surface area contributed by atoms with E-state index in [4.69, 9.17) is 9.40 Å². The van der Waals surface area contributed by atoms with Gasteiger partial charge in [-0.3, -0.25) is 4.98 Å². The summed E-state index contributed by atoms with van der Waals surface area (Å²) in [6.07, 6.45) is 1.89. The molecule has 2 aromatic carbocycles. The van der Waals surface area contributed by atoms with Crippen molar-refractivity contribution in [2.24, 2.45) is 0 Å². The van der Waals surface area contributed by atoms with E-state index in [1.165, 1.54) is 22.3 Å². The van der Waals surface area contributed by atoms with Gasteiger partial charge in [0.25, 0.3) is 0 Å². The van der Waals surface area contributed by atoms with Crippen molar-refractivity contribution in [1.29, 1.82) is 0 Å². The van der Waals surface area contributed by atoms with Crippen LogP contribution in [0.15, 0.2) is 71.3 Å². The fourth-order valence-electron chi connectivity index (χ4n) is 4.14. The first-order valence-corrected chi connectivity index (χ1v) is 10.4. The number of aromatic nitrogens is 2. The maximum Gasteiger partial charge on any atom is 0.227 e. The third-order valence-corrected chi connectivity index (χ3v) is 5.82. The summed E-state index contributed by atoms with van der Waals surface area (Å²) in [4.78, 5) is 9.45. The number of pyridine rings is 2. The van der Waals surface area contributed by atoms with Gasteiger partial charge in [0.1, 0.15) is 5.58 Å². The zero-order valence-corrected chi connectivity index (χ0v) is 17.7. The lowest BCUT2D eigenvalue weighted by Crippen LogP contribution is -1.91. The minimum absolute atomic E-state index is 0.470. The van der Waals surface area contributed by atoms with Crippen molar-refractivity contribution in [1.82, 2.24) is 9.97 Å². The van der Waals surface area contributed by atoms with Crippen LogP contribution in [0.4, 0.5) is 0 Å². The second-order valence-electron chi connectivity index (χ2n) is 8.26. The number of aryl methyl sites for hydroxylation is 2. The highest BCUT2D eigenvalue weighted by Gasteiger charge is 2.14. The average molecular weight is 393 g/mol. The van der Waals surface area contributed by atoms with E-state index < -0.39 is 0 Å². The lowest BCUT2D eigenvalue weighted by Gasteiger charge is -2.08. The van der Waals surface area contributed by atoms with Gasteiger partial charge in [-0.1, -0.05) is 32.0 Å². The SMILES string of the molecule is Cc1cccc(C)c1-c1ccc2c(n1)oc1ccc(-c3cc(C(C)C)ccn3)cc12. The number of hydrogen-bond acceptors (Lipinski definition) is 3. The topological polar surface area (TPSA) is 38.9 Å². The number of hydrogen-bond donors (Lipinski definition) is 0. The molecule has 0 atom stereocenters. The Bertz CT molecular complexity index is 1370. The van der Waals surface area contributed by atoms with E-state index in [9.17, 15) is 0 Å². The van der Waals surface area contributed by atoms with Crippen LogP contribution in [-0.4, -0.2) is 9.97 Å². The molecule has 0 unspecified atom stereocenters. The molecule has 148 valence electrons. The van der Waals surface area contributed by atoms with Gasteiger partial charge in [-0.05, 0) is 78.9 Å². The average Bonchev–Trinajstić information content (AvgIpc) is 3.11. The highest BCUT2D eigenvalue weighted by molar-refractivity contribution is 6.05. The molecule has 0 aliphatic heterocycles. The number of nitrogens with zero attached hydrogens (tertiary/aromatic N) is 2. The summed E-state index contributed by atoms with van der Waals surface area (Å²) in [5, 5.41) is 2.10. The second-order valence-corrected chi connectivity index (χ2v) is 8.26. The standard InChI is InChI=1S/C27H24N2O/c1-16(2)19-12-13-28-24(15-19)20-8-11-25-22(14-20)21-9-10-23(29-27(21)30-25)26-17(3)6-5-7-18(26)4/h5-16H,1-4H3. The van der Waals surface area contributed by atoms with Crippen LogP contribution in [0.1, 0.15) is 36.5 Å². The molecule has 0 bridgehead atoms. The second kappa shape index (κ2) is 7.10. The summed E-state index contributed by atoms with van der Waals surface area (Å²) in [6, 6.07) is 21.1. The van der Waals surface area contributed by atoms with Gasteiger partial charge < -0.3 is 4.42 Å². The Labute approximate surface area is 176 Å². The molecule has 30 heavy (non-hydrogen) atoms. The smallest absolute Gasteiger partial charge is 0.227 e. The van der Waals surface area contributed by atoms with Gasteiger partial charge in [0.15, 0.2) is 0 Å². The fraction of sp³-hybridized carbons (Fsp3) is 0.185. The predicted octanol–water partition coefficient (Wildman–Crippen LogP) is 7.45. The highest BCUT2D eigenvalue weighted by Crippen LogP contribution is 2.34. The van der Waals surface area contributed by atoms with Crippen molar-refractivity contribution >= 4 is 22.1 Å². The maximum absolute atomic E-state index is 6.12. The molecular weight excluding hydrogens is 368 g/mol. The van der Waals surface area contributed by atoms with Crippen molar-refractivity contribution < 1.29 is 4.42 Å². The Hall–Kier alpha value is -3.46. The van der Waals surface area contributed by atoms with Crippen LogP contribution in [0.2, 0.25) is 0 Å². The molecule has 5 aromatic rings. The van der Waals surface area contributed by atoms with Gasteiger partial charge in [0.2, 0.25) is 5.71 Å². The Morgan fingerprint density at radius 2 is 1.60 bits per heavy atom. The third kappa shape index (κ3) is 3.07. The Morgan fingerprint density at radius 3 is 2.37 bits per heavy atom. The van der Waals surface area contributed by atoms with Crippen molar-refractivity contribution in [2.45, 2.75) is 33.6 Å². The van der Waals surface area contributed by atoms with Crippen LogP contribution >= 0.6 is 0 Å². The molecule has 3 heteroatoms. The summed E-state index contributed by atoms with van der Waals surface area (Å²) in [5.74, 6) is 0.470. The first-order valence-electron chi connectivity index (χ1n) is 10.4. The molecule has 5 rings (SSSR count). The minimum atomic E-state index is 0.470. The molecule has 3 nitrogen and oxygen atoms in total.